The van der Waals surface area contributed by atoms with Gasteiger partial charge in [-0.3, -0.25) is 4.79 Å². The van der Waals surface area contributed by atoms with E-state index in [0.717, 1.165) is 42.9 Å². The van der Waals surface area contributed by atoms with Crippen LogP contribution in [0.1, 0.15) is 0 Å². The van der Waals surface area contributed by atoms with Crippen LogP contribution in [0.15, 0.2) is 15.2 Å². The Balaban J connectivity index is 1.63. The van der Waals surface area contributed by atoms with Gasteiger partial charge in [0.15, 0.2) is 9.99 Å². The van der Waals surface area contributed by atoms with E-state index in [1.54, 1.807) is 16.7 Å². The molecule has 0 radical (unpaired) electrons. The predicted molar refractivity (Wildman–Crippen MR) is 79.0 cm³/mol. The minimum Gasteiger partial charge on any atom is -0.506 e. The van der Waals surface area contributed by atoms with Crippen LogP contribution in [0, 0.1) is 0 Å². The molecule has 1 aliphatic heterocycles. The van der Waals surface area contributed by atoms with E-state index in [9.17, 15) is 9.90 Å². The lowest BCUT2D eigenvalue weighted by Gasteiger charge is -2.23. The lowest BCUT2D eigenvalue weighted by Crippen LogP contribution is -3.14. The highest BCUT2D eigenvalue weighted by molar-refractivity contribution is 8.01. The summed E-state index contributed by atoms with van der Waals surface area (Å²) in [5.74, 6) is 0.979. The molecule has 6 nitrogen and oxygen atoms in total. The van der Waals surface area contributed by atoms with Crippen molar-refractivity contribution in [3.05, 3.63) is 16.4 Å². The Hall–Kier alpha value is -1.09. The van der Waals surface area contributed by atoms with E-state index >= 15 is 0 Å². The van der Waals surface area contributed by atoms with Crippen LogP contribution >= 0.6 is 23.1 Å². The minimum absolute atomic E-state index is 0.00639. The number of quaternary nitrogens is 1. The van der Waals surface area contributed by atoms with Crippen LogP contribution in [0.4, 0.5) is 0 Å². The largest absolute Gasteiger partial charge is 0.506 e. The molecule has 1 saturated heterocycles. The number of nitrogens with one attached hydrogen (secondary N) is 2. The van der Waals surface area contributed by atoms with Gasteiger partial charge in [-0.05, 0) is 0 Å². The molecule has 20 heavy (non-hydrogen) atoms. The number of nitrogens with zero attached hydrogens (tertiary/aromatic N) is 1. The summed E-state index contributed by atoms with van der Waals surface area (Å²) in [7, 11) is 0. The first kappa shape index (κ1) is 13.9. The summed E-state index contributed by atoms with van der Waals surface area (Å²) < 4.78 is 6.85. The molecule has 1 fully saturated rings. The van der Waals surface area contributed by atoms with Crippen molar-refractivity contribution in [1.82, 2.24) is 9.97 Å². The normalized spacial score (nSPS) is 16.8. The molecule has 8 heteroatoms. The van der Waals surface area contributed by atoms with E-state index in [-0.39, 0.29) is 11.3 Å². The fraction of sp³-hybridized carbons (Fsp3) is 0.500. The number of hydrogen-bond donors (Lipinski definition) is 3. The summed E-state index contributed by atoms with van der Waals surface area (Å²) in [5.41, 5.74) is 0.149. The Labute approximate surface area is 123 Å². The van der Waals surface area contributed by atoms with Gasteiger partial charge in [-0.25, -0.2) is 4.98 Å². The average Bonchev–Trinajstić information content (AvgIpc) is 2.83. The van der Waals surface area contributed by atoms with Crippen molar-refractivity contribution in [2.24, 2.45) is 0 Å². The molecule has 0 amide bonds. The summed E-state index contributed by atoms with van der Waals surface area (Å²) in [6.45, 7) is 4.89. The fourth-order valence-corrected chi connectivity index (χ4v) is 4.28. The molecule has 0 bridgehead atoms. The maximum atomic E-state index is 11.3. The van der Waals surface area contributed by atoms with E-state index in [2.05, 4.69) is 9.97 Å². The van der Waals surface area contributed by atoms with Gasteiger partial charge >= 0.3 is 0 Å². The number of aromatic amines is 1. The van der Waals surface area contributed by atoms with Crippen molar-refractivity contribution >= 4 is 33.4 Å². The Morgan fingerprint density at radius 1 is 1.50 bits per heavy atom. The first-order chi connectivity index (χ1) is 9.72. The van der Waals surface area contributed by atoms with Crippen LogP contribution in [0.5, 0.6) is 5.75 Å². The summed E-state index contributed by atoms with van der Waals surface area (Å²) in [4.78, 5) is 19.8. The molecule has 0 aliphatic carbocycles. The first-order valence-electron chi connectivity index (χ1n) is 6.49. The standard InChI is InChI=1S/C12H15N3O3S2/c16-8-7-9(17)13-11-10(8)20-12(14-11)19-6-3-15-1-4-18-5-2-15/h7H,1-6H2,(H2,13,16,17)/p+1. The molecular weight excluding hydrogens is 298 g/mol. The number of morpholine rings is 1. The maximum absolute atomic E-state index is 11.3. The lowest BCUT2D eigenvalue weighted by atomic mass is 10.4. The Kier molecular flexibility index (Phi) is 4.25. The quantitative estimate of drug-likeness (QED) is 0.675. The van der Waals surface area contributed by atoms with Crippen molar-refractivity contribution in [3.63, 3.8) is 0 Å². The van der Waals surface area contributed by atoms with Crippen LogP contribution in [0.2, 0.25) is 0 Å². The van der Waals surface area contributed by atoms with E-state index in [4.69, 9.17) is 4.74 Å². The van der Waals surface area contributed by atoms with Crippen molar-refractivity contribution in [2.45, 2.75) is 4.34 Å². The van der Waals surface area contributed by atoms with Gasteiger partial charge in [-0.15, -0.1) is 11.3 Å². The number of thioether (sulfide) groups is 1. The van der Waals surface area contributed by atoms with Gasteiger partial charge in [0.05, 0.1) is 19.8 Å². The zero-order chi connectivity index (χ0) is 13.9. The topological polar surface area (TPSA) is 79.7 Å². The zero-order valence-corrected chi connectivity index (χ0v) is 12.5. The number of ether oxygens (including phenoxy) is 1. The molecule has 0 spiro atoms. The van der Waals surface area contributed by atoms with Crippen LogP contribution < -0.4 is 10.5 Å². The van der Waals surface area contributed by atoms with Gasteiger partial charge in [-0.1, -0.05) is 11.8 Å². The summed E-state index contributed by atoms with van der Waals surface area (Å²) in [6, 6.07) is 1.19. The first-order valence-corrected chi connectivity index (χ1v) is 8.29. The van der Waals surface area contributed by atoms with E-state index in [0.29, 0.717) is 10.3 Å². The number of fused-ring (bicyclic) bond motifs is 1. The monoisotopic (exact) mass is 314 g/mol. The second-order valence-electron chi connectivity index (χ2n) is 4.64. The number of pyridine rings is 1. The Morgan fingerprint density at radius 3 is 3.10 bits per heavy atom. The van der Waals surface area contributed by atoms with E-state index in [1.165, 1.54) is 17.4 Å². The molecule has 3 N–H and O–H groups in total. The minimum atomic E-state index is -0.324. The number of aromatic nitrogens is 2. The van der Waals surface area contributed by atoms with Gasteiger partial charge < -0.3 is 19.7 Å². The van der Waals surface area contributed by atoms with Crippen LogP contribution in [0.3, 0.4) is 0 Å². The summed E-state index contributed by atoms with van der Waals surface area (Å²) in [5, 5.41) is 9.72. The molecule has 2 aromatic rings. The third-order valence-electron chi connectivity index (χ3n) is 3.23. The molecule has 3 rings (SSSR count). The third-order valence-corrected chi connectivity index (χ3v) is 5.45. The second kappa shape index (κ2) is 6.13. The highest BCUT2D eigenvalue weighted by atomic mass is 32.2. The van der Waals surface area contributed by atoms with Gasteiger partial charge in [0, 0.05) is 11.8 Å². The predicted octanol–water partition coefficient (Wildman–Crippen LogP) is -0.303. The van der Waals surface area contributed by atoms with Gasteiger partial charge in [0.2, 0.25) is 0 Å². The number of H-pyrrole nitrogens is 1. The maximum Gasteiger partial charge on any atom is 0.253 e. The van der Waals surface area contributed by atoms with Gasteiger partial charge in [0.1, 0.15) is 23.5 Å². The molecule has 3 heterocycles. The number of thiazole rings is 1. The smallest absolute Gasteiger partial charge is 0.253 e. The number of aromatic hydroxyl groups is 1. The average molecular weight is 314 g/mol. The molecule has 108 valence electrons. The number of hydrogen-bond acceptors (Lipinski definition) is 6. The SMILES string of the molecule is O=c1cc(O)c2sc(SCC[NH+]3CCOCC3)nc2[nH]1. The highest BCUT2D eigenvalue weighted by Gasteiger charge is 2.14. The Morgan fingerprint density at radius 2 is 2.30 bits per heavy atom. The molecule has 0 unspecified atom stereocenters. The van der Waals surface area contributed by atoms with Crippen molar-refractivity contribution in [3.8, 4) is 5.75 Å². The lowest BCUT2D eigenvalue weighted by molar-refractivity contribution is -0.905. The second-order valence-corrected chi connectivity index (χ2v) is 6.98. The summed E-state index contributed by atoms with van der Waals surface area (Å²) in [6.07, 6.45) is 0. The van der Waals surface area contributed by atoms with E-state index in [1.807, 2.05) is 0 Å². The van der Waals surface area contributed by atoms with Crippen LogP contribution in [0.25, 0.3) is 10.3 Å². The molecule has 1 aliphatic rings. The van der Waals surface area contributed by atoms with Gasteiger partial charge in [-0.2, -0.15) is 0 Å². The summed E-state index contributed by atoms with van der Waals surface area (Å²) >= 11 is 3.08. The van der Waals surface area contributed by atoms with Gasteiger partial charge in [0.25, 0.3) is 5.56 Å². The third kappa shape index (κ3) is 3.14. The fourth-order valence-electron chi connectivity index (χ4n) is 2.16. The Bertz CT molecular complexity index is 649. The number of rotatable bonds is 4. The molecule has 0 atom stereocenters. The van der Waals surface area contributed by atoms with Crippen LogP contribution in [-0.2, 0) is 4.74 Å². The molecule has 0 saturated carbocycles. The van der Waals surface area contributed by atoms with Crippen LogP contribution in [-0.4, -0.2) is 53.7 Å². The molecule has 0 aromatic carbocycles. The molecular formula is C12H16N3O3S2+. The van der Waals surface area contributed by atoms with Crippen molar-refractivity contribution in [1.29, 1.82) is 0 Å². The highest BCUT2D eigenvalue weighted by Crippen LogP contribution is 2.32. The van der Waals surface area contributed by atoms with Crippen molar-refractivity contribution < 1.29 is 14.7 Å². The zero-order valence-electron chi connectivity index (χ0n) is 10.8. The van der Waals surface area contributed by atoms with E-state index < -0.39 is 0 Å². The van der Waals surface area contributed by atoms with Crippen molar-refractivity contribution in [2.75, 3.05) is 38.6 Å². The molecule has 2 aromatic heterocycles.